The van der Waals surface area contributed by atoms with E-state index in [1.165, 1.54) is 19.3 Å². The molecule has 2 nitrogen and oxygen atoms in total. The van der Waals surface area contributed by atoms with Crippen molar-refractivity contribution in [2.24, 2.45) is 29.5 Å². The van der Waals surface area contributed by atoms with Crippen molar-refractivity contribution < 1.29 is 0 Å². The first-order valence-corrected chi connectivity index (χ1v) is 6.91. The molecule has 1 rings (SSSR count). The number of hydrogen-bond donors (Lipinski definition) is 1. The van der Waals surface area contributed by atoms with E-state index in [0.29, 0.717) is 6.04 Å². The van der Waals surface area contributed by atoms with Crippen LogP contribution in [0.2, 0.25) is 0 Å². The summed E-state index contributed by atoms with van der Waals surface area (Å²) in [5, 5.41) is 2.06. The molecule has 1 aliphatic heterocycles. The van der Waals surface area contributed by atoms with Gasteiger partial charge in [0.2, 0.25) is 0 Å². The summed E-state index contributed by atoms with van der Waals surface area (Å²) >= 11 is 0. The molecular formula is C14H30N2. The molecule has 2 N–H and O–H groups in total. The van der Waals surface area contributed by atoms with Gasteiger partial charge >= 0.3 is 0 Å². The van der Waals surface area contributed by atoms with E-state index in [9.17, 15) is 0 Å². The highest BCUT2D eigenvalue weighted by Crippen LogP contribution is 2.29. The summed E-state index contributed by atoms with van der Waals surface area (Å²) < 4.78 is 0. The Balaban J connectivity index is 2.65. The smallest absolute Gasteiger partial charge is 0.0215 e. The standard InChI is InChI=1S/C14H30N2/c1-10-6-12(3)13(4)7-11(2)9-16(15)14(5)8-10/h10-14H,6-9,15H2,1-5H3. The summed E-state index contributed by atoms with van der Waals surface area (Å²) in [5.74, 6) is 9.34. The summed E-state index contributed by atoms with van der Waals surface area (Å²) in [7, 11) is 0. The van der Waals surface area contributed by atoms with Gasteiger partial charge < -0.3 is 0 Å². The lowest BCUT2D eigenvalue weighted by atomic mass is 9.80. The number of rotatable bonds is 0. The molecule has 1 heterocycles. The lowest BCUT2D eigenvalue weighted by Crippen LogP contribution is -2.43. The van der Waals surface area contributed by atoms with Crippen molar-refractivity contribution in [3.05, 3.63) is 0 Å². The molecule has 0 radical (unpaired) electrons. The third-order valence-corrected chi connectivity index (χ3v) is 4.35. The molecule has 2 heteroatoms. The van der Waals surface area contributed by atoms with Gasteiger partial charge in [-0.3, -0.25) is 5.84 Å². The summed E-state index contributed by atoms with van der Waals surface area (Å²) in [6, 6.07) is 0.526. The zero-order valence-electron chi connectivity index (χ0n) is 11.7. The Kier molecular flexibility index (Phi) is 5.26. The number of nitrogens with two attached hydrogens (primary N) is 1. The first-order valence-electron chi connectivity index (χ1n) is 6.91. The lowest BCUT2D eigenvalue weighted by Gasteiger charge is -2.34. The van der Waals surface area contributed by atoms with Crippen LogP contribution < -0.4 is 5.84 Å². The molecule has 1 aliphatic rings. The zero-order valence-corrected chi connectivity index (χ0v) is 11.7. The largest absolute Gasteiger partial charge is 0.269 e. The van der Waals surface area contributed by atoms with Gasteiger partial charge in [-0.15, -0.1) is 0 Å². The van der Waals surface area contributed by atoms with Gasteiger partial charge in [-0.2, -0.15) is 0 Å². The molecule has 5 unspecified atom stereocenters. The molecule has 0 aromatic rings. The first-order chi connectivity index (χ1) is 7.40. The molecule has 0 aliphatic carbocycles. The Bertz CT molecular complexity index is 163. The van der Waals surface area contributed by atoms with Crippen LogP contribution in [0.4, 0.5) is 0 Å². The first kappa shape index (κ1) is 14.0. The van der Waals surface area contributed by atoms with E-state index in [0.717, 1.165) is 30.2 Å². The molecule has 96 valence electrons. The van der Waals surface area contributed by atoms with E-state index in [-0.39, 0.29) is 0 Å². The maximum absolute atomic E-state index is 6.13. The summed E-state index contributed by atoms with van der Waals surface area (Å²) in [4.78, 5) is 0. The zero-order chi connectivity index (χ0) is 12.3. The molecular weight excluding hydrogens is 196 g/mol. The van der Waals surface area contributed by atoms with E-state index in [1.54, 1.807) is 0 Å². The van der Waals surface area contributed by atoms with Crippen LogP contribution in [0.1, 0.15) is 53.9 Å². The number of hydrazine groups is 1. The van der Waals surface area contributed by atoms with Crippen LogP contribution in [0, 0.1) is 23.7 Å². The van der Waals surface area contributed by atoms with Crippen LogP contribution in [0.15, 0.2) is 0 Å². The van der Waals surface area contributed by atoms with Gasteiger partial charge in [0.05, 0.1) is 0 Å². The van der Waals surface area contributed by atoms with Crippen LogP contribution in [0.5, 0.6) is 0 Å². The SMILES string of the molecule is CC1CC(C)C(C)CC(C)CN(N)C(C)C1. The van der Waals surface area contributed by atoms with Gasteiger partial charge in [-0.25, -0.2) is 5.01 Å². The summed E-state index contributed by atoms with van der Waals surface area (Å²) in [6.45, 7) is 12.8. The fourth-order valence-corrected chi connectivity index (χ4v) is 3.16. The molecule has 0 amide bonds. The minimum absolute atomic E-state index is 0.526. The lowest BCUT2D eigenvalue weighted by molar-refractivity contribution is 0.125. The van der Waals surface area contributed by atoms with Gasteiger partial charge in [-0.05, 0) is 49.9 Å². The van der Waals surface area contributed by atoms with Crippen LogP contribution in [-0.4, -0.2) is 17.6 Å². The van der Waals surface area contributed by atoms with Crippen molar-refractivity contribution in [1.82, 2.24) is 5.01 Å². The fraction of sp³-hybridized carbons (Fsp3) is 1.00. The average Bonchev–Trinajstić information content (AvgIpc) is 2.15. The predicted molar refractivity (Wildman–Crippen MR) is 70.9 cm³/mol. The highest BCUT2D eigenvalue weighted by atomic mass is 15.4. The Morgan fingerprint density at radius 3 is 1.88 bits per heavy atom. The molecule has 1 fully saturated rings. The van der Waals surface area contributed by atoms with Crippen molar-refractivity contribution in [3.8, 4) is 0 Å². The van der Waals surface area contributed by atoms with Crippen molar-refractivity contribution in [2.75, 3.05) is 6.54 Å². The Morgan fingerprint density at radius 2 is 1.31 bits per heavy atom. The molecule has 0 spiro atoms. The quantitative estimate of drug-likeness (QED) is 0.642. The second-order valence-corrected chi connectivity index (χ2v) is 6.42. The Labute approximate surface area is 102 Å². The van der Waals surface area contributed by atoms with E-state index in [2.05, 4.69) is 39.6 Å². The predicted octanol–water partition coefficient (Wildman–Crippen LogP) is 3.28. The van der Waals surface area contributed by atoms with E-state index in [4.69, 9.17) is 5.84 Å². The third-order valence-electron chi connectivity index (χ3n) is 4.35. The minimum Gasteiger partial charge on any atom is -0.269 e. The van der Waals surface area contributed by atoms with Crippen LogP contribution in [-0.2, 0) is 0 Å². The van der Waals surface area contributed by atoms with Crippen LogP contribution in [0.25, 0.3) is 0 Å². The molecule has 5 atom stereocenters. The maximum atomic E-state index is 6.13. The van der Waals surface area contributed by atoms with Gasteiger partial charge in [0.15, 0.2) is 0 Å². The van der Waals surface area contributed by atoms with Crippen molar-refractivity contribution in [1.29, 1.82) is 0 Å². The van der Waals surface area contributed by atoms with E-state index < -0.39 is 0 Å². The highest BCUT2D eigenvalue weighted by molar-refractivity contribution is 4.75. The van der Waals surface area contributed by atoms with Gasteiger partial charge in [0.25, 0.3) is 0 Å². The second-order valence-electron chi connectivity index (χ2n) is 6.42. The number of hydrogen-bond acceptors (Lipinski definition) is 2. The molecule has 0 aromatic carbocycles. The molecule has 0 bridgehead atoms. The van der Waals surface area contributed by atoms with Crippen LogP contribution in [0.3, 0.4) is 0 Å². The van der Waals surface area contributed by atoms with Gasteiger partial charge in [0.1, 0.15) is 0 Å². The second kappa shape index (κ2) is 6.02. The van der Waals surface area contributed by atoms with Crippen molar-refractivity contribution >= 4 is 0 Å². The molecule has 16 heavy (non-hydrogen) atoms. The van der Waals surface area contributed by atoms with Crippen LogP contribution >= 0.6 is 0 Å². The number of nitrogens with zero attached hydrogens (tertiary/aromatic N) is 1. The van der Waals surface area contributed by atoms with Gasteiger partial charge in [0, 0.05) is 12.6 Å². The Hall–Kier alpha value is -0.0800. The highest BCUT2D eigenvalue weighted by Gasteiger charge is 2.24. The topological polar surface area (TPSA) is 29.3 Å². The molecule has 1 saturated heterocycles. The molecule has 0 aromatic heterocycles. The summed E-state index contributed by atoms with van der Waals surface area (Å²) in [6.07, 6.45) is 3.90. The normalized spacial score (nSPS) is 44.2. The monoisotopic (exact) mass is 226 g/mol. The van der Waals surface area contributed by atoms with E-state index >= 15 is 0 Å². The fourth-order valence-electron chi connectivity index (χ4n) is 3.16. The Morgan fingerprint density at radius 1 is 0.812 bits per heavy atom. The molecule has 0 saturated carbocycles. The van der Waals surface area contributed by atoms with Gasteiger partial charge in [-0.1, -0.05) is 27.7 Å². The third kappa shape index (κ3) is 4.06. The van der Waals surface area contributed by atoms with Crippen molar-refractivity contribution in [2.45, 2.75) is 59.9 Å². The van der Waals surface area contributed by atoms with E-state index in [1.807, 2.05) is 0 Å². The average molecular weight is 226 g/mol. The minimum atomic E-state index is 0.526. The summed E-state index contributed by atoms with van der Waals surface area (Å²) in [5.41, 5.74) is 0. The van der Waals surface area contributed by atoms with Crippen molar-refractivity contribution in [3.63, 3.8) is 0 Å². The maximum Gasteiger partial charge on any atom is 0.0215 e.